The van der Waals surface area contributed by atoms with Crippen LogP contribution in [-0.4, -0.2) is 47.9 Å². The third-order valence-corrected chi connectivity index (χ3v) is 5.00. The number of rotatable bonds is 6. The highest BCUT2D eigenvalue weighted by Crippen LogP contribution is 2.27. The molecule has 1 atom stereocenters. The lowest BCUT2D eigenvalue weighted by molar-refractivity contribution is 0.0912. The lowest BCUT2D eigenvalue weighted by Crippen LogP contribution is -2.16. The van der Waals surface area contributed by atoms with Crippen molar-refractivity contribution in [3.8, 4) is 11.5 Å². The van der Waals surface area contributed by atoms with Crippen molar-refractivity contribution in [2.24, 2.45) is 0 Å². The van der Waals surface area contributed by atoms with Gasteiger partial charge in [-0.25, -0.2) is 14.6 Å². The maximum Gasteiger partial charge on any atom is 0.215 e. The number of hydrogen-bond acceptors (Lipinski definition) is 8. The summed E-state index contributed by atoms with van der Waals surface area (Å²) in [5.74, 6) is 0.616. The second kappa shape index (κ2) is 7.88. The van der Waals surface area contributed by atoms with E-state index in [1.807, 2.05) is 24.3 Å². The number of ether oxygens (including phenoxy) is 1. The standard InChI is InChI=1S/C17H19N7OS/c1-2-12-10-15(20-16(19-12)14-7-3-4-8-18-14)26-17-21-22-23-24(17)11-13-6-5-9-25-13/h3-4,7-8,10,13H,2,5-6,9,11H2,1H3. The molecule has 0 N–H and O–H groups in total. The van der Waals surface area contributed by atoms with E-state index in [9.17, 15) is 0 Å². The predicted octanol–water partition coefficient (Wildman–Crippen LogP) is 2.42. The average Bonchev–Trinajstić information content (AvgIpc) is 3.35. The molecule has 0 bridgehead atoms. The van der Waals surface area contributed by atoms with E-state index in [1.54, 1.807) is 10.9 Å². The highest BCUT2D eigenvalue weighted by atomic mass is 32.2. The fourth-order valence-electron chi connectivity index (χ4n) is 2.77. The van der Waals surface area contributed by atoms with Crippen molar-refractivity contribution in [2.75, 3.05) is 6.61 Å². The van der Waals surface area contributed by atoms with E-state index in [-0.39, 0.29) is 6.10 Å². The van der Waals surface area contributed by atoms with Crippen LogP contribution in [0, 0.1) is 0 Å². The summed E-state index contributed by atoms with van der Waals surface area (Å²) < 4.78 is 7.47. The molecule has 9 heteroatoms. The van der Waals surface area contributed by atoms with Crippen molar-refractivity contribution >= 4 is 11.8 Å². The van der Waals surface area contributed by atoms with Gasteiger partial charge in [0.05, 0.1) is 12.6 Å². The van der Waals surface area contributed by atoms with Crippen LogP contribution in [0.5, 0.6) is 0 Å². The Kier molecular flexibility index (Phi) is 5.16. The Morgan fingerprint density at radius 2 is 2.27 bits per heavy atom. The van der Waals surface area contributed by atoms with E-state index in [2.05, 4.69) is 37.4 Å². The quantitative estimate of drug-likeness (QED) is 0.612. The van der Waals surface area contributed by atoms with Gasteiger partial charge in [0.15, 0.2) is 5.82 Å². The monoisotopic (exact) mass is 369 g/mol. The minimum Gasteiger partial charge on any atom is -0.376 e. The first-order valence-electron chi connectivity index (χ1n) is 8.67. The van der Waals surface area contributed by atoms with Crippen LogP contribution in [0.4, 0.5) is 0 Å². The number of hydrogen-bond donors (Lipinski definition) is 0. The van der Waals surface area contributed by atoms with Crippen LogP contribution in [0.1, 0.15) is 25.5 Å². The molecule has 4 heterocycles. The lowest BCUT2D eigenvalue weighted by Gasteiger charge is -2.10. The second-order valence-electron chi connectivity index (χ2n) is 5.97. The van der Waals surface area contributed by atoms with E-state index >= 15 is 0 Å². The zero-order valence-corrected chi connectivity index (χ0v) is 15.3. The number of aryl methyl sites for hydroxylation is 1. The van der Waals surface area contributed by atoms with E-state index in [4.69, 9.17) is 4.74 Å². The van der Waals surface area contributed by atoms with Crippen molar-refractivity contribution in [2.45, 2.75) is 49.0 Å². The Labute approximate surface area is 155 Å². The normalized spacial score (nSPS) is 16.9. The van der Waals surface area contributed by atoms with E-state index < -0.39 is 0 Å². The Morgan fingerprint density at radius 1 is 1.31 bits per heavy atom. The molecule has 0 radical (unpaired) electrons. The molecule has 0 aliphatic carbocycles. The molecule has 3 aromatic heterocycles. The van der Waals surface area contributed by atoms with Crippen molar-refractivity contribution < 1.29 is 4.74 Å². The zero-order valence-electron chi connectivity index (χ0n) is 14.4. The third-order valence-electron chi connectivity index (χ3n) is 4.11. The van der Waals surface area contributed by atoms with Gasteiger partial charge in [0.1, 0.15) is 10.7 Å². The highest BCUT2D eigenvalue weighted by molar-refractivity contribution is 7.99. The third kappa shape index (κ3) is 3.88. The maximum atomic E-state index is 5.69. The molecule has 26 heavy (non-hydrogen) atoms. The summed E-state index contributed by atoms with van der Waals surface area (Å²) >= 11 is 1.44. The van der Waals surface area contributed by atoms with Crippen LogP contribution in [-0.2, 0) is 17.7 Å². The average molecular weight is 369 g/mol. The summed E-state index contributed by atoms with van der Waals surface area (Å²) in [7, 11) is 0. The predicted molar refractivity (Wildman–Crippen MR) is 95.6 cm³/mol. The molecule has 0 aromatic carbocycles. The molecule has 0 amide bonds. The molecule has 3 aromatic rings. The van der Waals surface area contributed by atoms with E-state index in [0.717, 1.165) is 42.3 Å². The van der Waals surface area contributed by atoms with Gasteiger partial charge in [-0.05, 0) is 59.7 Å². The molecule has 134 valence electrons. The van der Waals surface area contributed by atoms with Gasteiger partial charge < -0.3 is 4.74 Å². The fourth-order valence-corrected chi connectivity index (χ4v) is 3.58. The van der Waals surface area contributed by atoms with Crippen molar-refractivity contribution in [1.82, 2.24) is 35.2 Å². The van der Waals surface area contributed by atoms with Crippen LogP contribution in [0.15, 0.2) is 40.6 Å². The molecule has 0 saturated carbocycles. The first kappa shape index (κ1) is 17.0. The van der Waals surface area contributed by atoms with Gasteiger partial charge in [-0.1, -0.05) is 13.0 Å². The molecule has 8 nitrogen and oxygen atoms in total. The highest BCUT2D eigenvalue weighted by Gasteiger charge is 2.20. The summed E-state index contributed by atoms with van der Waals surface area (Å²) in [5, 5.41) is 13.6. The van der Waals surface area contributed by atoms with Gasteiger partial charge in [0.25, 0.3) is 0 Å². The molecule has 1 fully saturated rings. The van der Waals surface area contributed by atoms with Crippen molar-refractivity contribution in [3.63, 3.8) is 0 Å². The summed E-state index contributed by atoms with van der Waals surface area (Å²) in [6, 6.07) is 7.69. The molecule has 0 spiro atoms. The van der Waals surface area contributed by atoms with Gasteiger partial charge in [-0.15, -0.1) is 5.10 Å². The first-order chi connectivity index (χ1) is 12.8. The summed E-state index contributed by atoms with van der Waals surface area (Å²) in [6.45, 7) is 3.54. The number of tetrazole rings is 1. The van der Waals surface area contributed by atoms with Crippen LogP contribution in [0.25, 0.3) is 11.5 Å². The molecular weight excluding hydrogens is 350 g/mol. The molecule has 1 unspecified atom stereocenters. The summed E-state index contributed by atoms with van der Waals surface area (Å²) in [4.78, 5) is 13.6. The van der Waals surface area contributed by atoms with Crippen molar-refractivity contribution in [1.29, 1.82) is 0 Å². The SMILES string of the molecule is CCc1cc(Sc2nnnn2CC2CCCO2)nc(-c2ccccn2)n1. The molecule has 4 rings (SSSR count). The largest absolute Gasteiger partial charge is 0.376 e. The lowest BCUT2D eigenvalue weighted by atomic mass is 10.2. The first-order valence-corrected chi connectivity index (χ1v) is 9.48. The Morgan fingerprint density at radius 3 is 3.04 bits per heavy atom. The van der Waals surface area contributed by atoms with Gasteiger partial charge in [-0.2, -0.15) is 0 Å². The second-order valence-corrected chi connectivity index (χ2v) is 6.96. The topological polar surface area (TPSA) is 91.5 Å². The summed E-state index contributed by atoms with van der Waals surface area (Å²) in [5.41, 5.74) is 1.71. The van der Waals surface area contributed by atoms with Gasteiger partial charge >= 0.3 is 0 Å². The zero-order chi connectivity index (χ0) is 17.8. The Balaban J connectivity index is 1.59. The van der Waals surface area contributed by atoms with E-state index in [0.29, 0.717) is 17.5 Å². The molecule has 1 aliphatic rings. The van der Waals surface area contributed by atoms with E-state index in [1.165, 1.54) is 11.8 Å². The number of nitrogens with zero attached hydrogens (tertiary/aromatic N) is 7. The van der Waals surface area contributed by atoms with Gasteiger partial charge in [-0.3, -0.25) is 4.98 Å². The number of pyridine rings is 1. The van der Waals surface area contributed by atoms with Crippen LogP contribution >= 0.6 is 11.8 Å². The van der Waals surface area contributed by atoms with Gasteiger partial charge in [0, 0.05) is 18.5 Å². The minimum atomic E-state index is 0.179. The molecule has 1 saturated heterocycles. The minimum absolute atomic E-state index is 0.179. The summed E-state index contributed by atoms with van der Waals surface area (Å²) in [6.07, 6.45) is 4.87. The van der Waals surface area contributed by atoms with Crippen LogP contribution in [0.2, 0.25) is 0 Å². The van der Waals surface area contributed by atoms with Crippen molar-refractivity contribution in [3.05, 3.63) is 36.2 Å². The Bertz CT molecular complexity index is 865. The molecular formula is C17H19N7OS. The smallest absolute Gasteiger partial charge is 0.215 e. The Hall–Kier alpha value is -2.39. The van der Waals surface area contributed by atoms with Crippen LogP contribution < -0.4 is 0 Å². The molecule has 1 aliphatic heterocycles. The van der Waals surface area contributed by atoms with Crippen LogP contribution in [0.3, 0.4) is 0 Å². The fraction of sp³-hybridized carbons (Fsp3) is 0.412. The van der Waals surface area contributed by atoms with Gasteiger partial charge in [0.2, 0.25) is 5.16 Å². The number of aromatic nitrogens is 7. The maximum absolute atomic E-state index is 5.69.